The second-order valence-electron chi connectivity index (χ2n) is 5.89. The number of benzene rings is 4. The molecule has 2 amide bonds. The zero-order valence-corrected chi connectivity index (χ0v) is 12.9. The van der Waals surface area contributed by atoms with Crippen LogP contribution in [0.5, 0.6) is 0 Å². The molecule has 0 aliphatic carbocycles. The van der Waals surface area contributed by atoms with Crippen LogP contribution in [0.1, 0.15) is 12.8 Å². The number of imide groups is 1. The number of rotatable bonds is 0. The van der Waals surface area contributed by atoms with Gasteiger partial charge in [-0.15, -0.1) is 0 Å². The fourth-order valence-corrected chi connectivity index (χ4v) is 3.23. The minimum Gasteiger partial charge on any atom is -0.279 e. The number of hydroxylamine groups is 2. The van der Waals surface area contributed by atoms with E-state index in [2.05, 4.69) is 60.7 Å². The van der Waals surface area contributed by atoms with E-state index in [1.54, 1.807) is 0 Å². The number of nitrogens with zero attached hydrogens (tertiary/aromatic N) is 1. The van der Waals surface area contributed by atoms with E-state index in [0.717, 1.165) is 0 Å². The summed E-state index contributed by atoms with van der Waals surface area (Å²) in [6, 6.07) is 21.9. The normalized spacial score (nSPS) is 14.6. The Morgan fingerprint density at radius 2 is 0.958 bits per heavy atom. The molecule has 4 nitrogen and oxygen atoms in total. The second-order valence-corrected chi connectivity index (χ2v) is 5.89. The molecule has 0 saturated carbocycles. The van der Waals surface area contributed by atoms with E-state index >= 15 is 0 Å². The van der Waals surface area contributed by atoms with Crippen LogP contribution in [0.2, 0.25) is 0 Å². The first-order chi connectivity index (χ1) is 11.6. The van der Waals surface area contributed by atoms with Crippen molar-refractivity contribution < 1.29 is 14.8 Å². The number of hydrogen-bond donors (Lipinski definition) is 1. The summed E-state index contributed by atoms with van der Waals surface area (Å²) < 4.78 is 0. The standard InChI is InChI=1S/C16H10.C4H5NO3/c1-3-11-7-9-13-5-2-6-14-10-8-12(4-1)15(11)16(13)14;6-3-1-2-4(7)5(3)8/h1-10H;8H,1-2H2. The Balaban J connectivity index is 0.000000155. The van der Waals surface area contributed by atoms with E-state index in [9.17, 15) is 9.59 Å². The number of carbonyl (C=O) groups excluding carboxylic acids is 2. The van der Waals surface area contributed by atoms with Crippen LogP contribution in [0.4, 0.5) is 0 Å². The van der Waals surface area contributed by atoms with E-state index in [1.165, 1.54) is 32.3 Å². The molecule has 1 heterocycles. The van der Waals surface area contributed by atoms with Gasteiger partial charge in [-0.2, -0.15) is 5.06 Å². The van der Waals surface area contributed by atoms with Gasteiger partial charge in [0, 0.05) is 12.8 Å². The van der Waals surface area contributed by atoms with Gasteiger partial charge in [-0.1, -0.05) is 60.7 Å². The average molecular weight is 317 g/mol. The van der Waals surface area contributed by atoms with Crippen LogP contribution in [0.25, 0.3) is 32.3 Å². The molecule has 0 radical (unpaired) electrons. The fraction of sp³-hybridized carbons (Fsp3) is 0.100. The number of carbonyl (C=O) groups is 2. The average Bonchev–Trinajstić information content (AvgIpc) is 2.91. The minimum atomic E-state index is -0.505. The third-order valence-corrected chi connectivity index (χ3v) is 4.42. The highest BCUT2D eigenvalue weighted by atomic mass is 16.5. The largest absolute Gasteiger partial charge is 0.279 e. The van der Waals surface area contributed by atoms with Crippen LogP contribution in [0, 0.1) is 0 Å². The van der Waals surface area contributed by atoms with Crippen LogP contribution < -0.4 is 0 Å². The van der Waals surface area contributed by atoms with Gasteiger partial charge < -0.3 is 0 Å². The predicted molar refractivity (Wildman–Crippen MR) is 93.0 cm³/mol. The first-order valence-corrected chi connectivity index (χ1v) is 7.82. The topological polar surface area (TPSA) is 57.6 Å². The number of amides is 2. The quantitative estimate of drug-likeness (QED) is 0.302. The van der Waals surface area contributed by atoms with Crippen molar-refractivity contribution >= 4 is 44.1 Å². The second kappa shape index (κ2) is 5.58. The first kappa shape index (κ1) is 14.6. The maximum Gasteiger partial charge on any atom is 0.253 e. The lowest BCUT2D eigenvalue weighted by molar-refractivity contribution is -0.171. The van der Waals surface area contributed by atoms with Crippen LogP contribution in [0.3, 0.4) is 0 Å². The Labute approximate surface area is 138 Å². The first-order valence-electron chi connectivity index (χ1n) is 7.82. The van der Waals surface area contributed by atoms with Crippen molar-refractivity contribution in [3.63, 3.8) is 0 Å². The third kappa shape index (κ3) is 2.28. The molecule has 118 valence electrons. The molecule has 5 rings (SSSR count). The van der Waals surface area contributed by atoms with Gasteiger partial charge >= 0.3 is 0 Å². The zero-order chi connectivity index (χ0) is 16.7. The molecule has 0 unspecified atom stereocenters. The summed E-state index contributed by atoms with van der Waals surface area (Å²) in [6.07, 6.45) is 0.296. The van der Waals surface area contributed by atoms with Crippen LogP contribution in [-0.4, -0.2) is 22.1 Å². The molecule has 0 spiro atoms. The van der Waals surface area contributed by atoms with Crippen molar-refractivity contribution in [2.24, 2.45) is 0 Å². The zero-order valence-electron chi connectivity index (χ0n) is 12.9. The van der Waals surface area contributed by atoms with Crippen LogP contribution >= 0.6 is 0 Å². The Hall–Kier alpha value is -2.98. The summed E-state index contributed by atoms with van der Waals surface area (Å²) in [5.41, 5.74) is 0. The molecule has 1 aliphatic rings. The highest BCUT2D eigenvalue weighted by molar-refractivity contribution is 6.22. The van der Waals surface area contributed by atoms with Crippen molar-refractivity contribution in [3.8, 4) is 0 Å². The predicted octanol–water partition coefficient (Wildman–Crippen LogP) is 4.11. The van der Waals surface area contributed by atoms with Crippen LogP contribution in [0.15, 0.2) is 60.7 Å². The van der Waals surface area contributed by atoms with E-state index < -0.39 is 11.8 Å². The SMILES string of the molecule is O=C1CCC(=O)N1O.c1cc2ccc3cccc4ccc(c1)c2c34. The molecular weight excluding hydrogens is 302 g/mol. The minimum absolute atomic E-state index is 0.148. The Morgan fingerprint density at radius 1 is 0.625 bits per heavy atom. The third-order valence-electron chi connectivity index (χ3n) is 4.42. The van der Waals surface area contributed by atoms with E-state index in [4.69, 9.17) is 5.21 Å². The molecule has 0 atom stereocenters. The summed E-state index contributed by atoms with van der Waals surface area (Å²) in [7, 11) is 0. The molecule has 1 fully saturated rings. The maximum absolute atomic E-state index is 10.2. The maximum atomic E-state index is 10.2. The monoisotopic (exact) mass is 317 g/mol. The van der Waals surface area contributed by atoms with Crippen LogP contribution in [-0.2, 0) is 9.59 Å². The van der Waals surface area contributed by atoms with Crippen molar-refractivity contribution in [2.75, 3.05) is 0 Å². The lowest BCUT2D eigenvalue weighted by Gasteiger charge is -2.09. The van der Waals surface area contributed by atoms with Gasteiger partial charge in [0.2, 0.25) is 0 Å². The molecule has 1 N–H and O–H groups in total. The summed E-state index contributed by atoms with van der Waals surface area (Å²) in [5.74, 6) is -1.01. The molecule has 24 heavy (non-hydrogen) atoms. The Bertz CT molecular complexity index is 925. The smallest absolute Gasteiger partial charge is 0.253 e. The van der Waals surface area contributed by atoms with Crippen molar-refractivity contribution in [1.82, 2.24) is 5.06 Å². The molecular formula is C20H15NO3. The van der Waals surface area contributed by atoms with Gasteiger partial charge in [0.15, 0.2) is 0 Å². The van der Waals surface area contributed by atoms with Gasteiger partial charge in [0.1, 0.15) is 0 Å². The summed E-state index contributed by atoms with van der Waals surface area (Å²) in [6.45, 7) is 0. The lowest BCUT2D eigenvalue weighted by Crippen LogP contribution is -2.24. The molecule has 0 aromatic heterocycles. The molecule has 4 aromatic carbocycles. The molecule has 4 aromatic rings. The summed E-state index contributed by atoms with van der Waals surface area (Å²) in [4.78, 5) is 20.5. The highest BCUT2D eigenvalue weighted by Gasteiger charge is 2.26. The molecule has 1 saturated heterocycles. The van der Waals surface area contributed by atoms with Crippen molar-refractivity contribution in [1.29, 1.82) is 0 Å². The summed E-state index contributed by atoms with van der Waals surface area (Å²) >= 11 is 0. The van der Waals surface area contributed by atoms with Gasteiger partial charge in [-0.3, -0.25) is 14.8 Å². The van der Waals surface area contributed by atoms with Gasteiger partial charge in [-0.05, 0) is 32.3 Å². The number of hydrogen-bond acceptors (Lipinski definition) is 3. The fourth-order valence-electron chi connectivity index (χ4n) is 3.23. The molecule has 1 aliphatic heterocycles. The Kier molecular flexibility index (Phi) is 3.40. The Morgan fingerprint density at radius 3 is 1.21 bits per heavy atom. The van der Waals surface area contributed by atoms with Gasteiger partial charge in [0.05, 0.1) is 0 Å². The lowest BCUT2D eigenvalue weighted by atomic mass is 9.95. The van der Waals surface area contributed by atoms with E-state index in [-0.39, 0.29) is 17.9 Å². The van der Waals surface area contributed by atoms with E-state index in [0.29, 0.717) is 0 Å². The van der Waals surface area contributed by atoms with Gasteiger partial charge in [-0.25, -0.2) is 0 Å². The summed E-state index contributed by atoms with van der Waals surface area (Å²) in [5, 5.41) is 16.7. The van der Waals surface area contributed by atoms with E-state index in [1.807, 2.05) is 0 Å². The van der Waals surface area contributed by atoms with Crippen molar-refractivity contribution in [2.45, 2.75) is 12.8 Å². The van der Waals surface area contributed by atoms with Gasteiger partial charge in [0.25, 0.3) is 11.8 Å². The molecule has 4 heteroatoms. The van der Waals surface area contributed by atoms with Crippen molar-refractivity contribution in [3.05, 3.63) is 60.7 Å². The highest BCUT2D eigenvalue weighted by Crippen LogP contribution is 2.33. The molecule has 0 bridgehead atoms.